The molecule has 1 heterocycles. The molecular formula is C14H13BrF2S. The van der Waals surface area contributed by atoms with Crippen molar-refractivity contribution in [2.45, 2.75) is 24.6 Å². The summed E-state index contributed by atoms with van der Waals surface area (Å²) in [5.74, 6) is -1.58. The number of rotatable bonds is 4. The molecule has 0 nitrogen and oxygen atoms in total. The van der Waals surface area contributed by atoms with E-state index in [0.29, 0.717) is 6.42 Å². The molecule has 0 radical (unpaired) electrons. The fraction of sp³-hybridized carbons (Fsp3) is 0.286. The van der Waals surface area contributed by atoms with Crippen molar-refractivity contribution in [3.63, 3.8) is 0 Å². The average molecular weight is 331 g/mol. The van der Waals surface area contributed by atoms with Gasteiger partial charge in [0, 0.05) is 4.88 Å². The lowest BCUT2D eigenvalue weighted by atomic mass is 10.1. The maximum Gasteiger partial charge on any atom is 0.159 e. The molecular weight excluding hydrogens is 318 g/mol. The first kappa shape index (κ1) is 13.7. The average Bonchev–Trinajstić information content (AvgIpc) is 2.82. The Hall–Kier alpha value is -0.740. The minimum atomic E-state index is -0.796. The highest BCUT2D eigenvalue weighted by Gasteiger charge is 2.14. The predicted octanol–water partition coefficient (Wildman–Crippen LogP) is 5.27. The summed E-state index contributed by atoms with van der Waals surface area (Å²) < 4.78 is 26.0. The monoisotopic (exact) mass is 330 g/mol. The van der Waals surface area contributed by atoms with Crippen molar-refractivity contribution >= 4 is 27.3 Å². The lowest BCUT2D eigenvalue weighted by molar-refractivity contribution is 0.507. The van der Waals surface area contributed by atoms with Crippen LogP contribution < -0.4 is 0 Å². The second kappa shape index (κ2) is 5.93. The fourth-order valence-electron chi connectivity index (χ4n) is 1.88. The highest BCUT2D eigenvalue weighted by Crippen LogP contribution is 2.34. The third-order valence-electron chi connectivity index (χ3n) is 2.85. The zero-order valence-electron chi connectivity index (χ0n) is 9.92. The lowest BCUT2D eigenvalue weighted by Crippen LogP contribution is -1.97. The molecule has 0 saturated carbocycles. The zero-order valence-corrected chi connectivity index (χ0v) is 12.3. The molecule has 1 unspecified atom stereocenters. The standard InChI is InChI=1S/C14H13BrF2S/c1-2-10-5-6-18-14(10)11(15)7-9-3-4-12(16)13(17)8-9/h3-6,8,11H,2,7H2,1H3. The van der Waals surface area contributed by atoms with E-state index in [2.05, 4.69) is 34.3 Å². The van der Waals surface area contributed by atoms with Crippen LogP contribution in [-0.4, -0.2) is 0 Å². The Kier molecular flexibility index (Phi) is 4.51. The molecule has 4 heteroatoms. The van der Waals surface area contributed by atoms with E-state index >= 15 is 0 Å². The topological polar surface area (TPSA) is 0 Å². The molecule has 1 atom stereocenters. The molecule has 0 bridgehead atoms. The molecule has 0 spiro atoms. The second-order valence-corrected chi connectivity index (χ2v) is 6.14. The van der Waals surface area contributed by atoms with Crippen LogP contribution in [0.4, 0.5) is 8.78 Å². The van der Waals surface area contributed by atoms with Gasteiger partial charge >= 0.3 is 0 Å². The van der Waals surface area contributed by atoms with Crippen LogP contribution in [0.2, 0.25) is 0 Å². The number of alkyl halides is 1. The minimum absolute atomic E-state index is 0.150. The van der Waals surface area contributed by atoms with Crippen LogP contribution >= 0.6 is 27.3 Å². The molecule has 0 amide bonds. The first-order valence-corrected chi connectivity index (χ1v) is 7.55. The van der Waals surface area contributed by atoms with Crippen molar-refractivity contribution in [3.8, 4) is 0 Å². The molecule has 2 aromatic rings. The molecule has 96 valence electrons. The largest absolute Gasteiger partial charge is 0.204 e. The maximum absolute atomic E-state index is 13.1. The summed E-state index contributed by atoms with van der Waals surface area (Å²) in [5, 5.41) is 2.06. The number of hydrogen-bond donors (Lipinski definition) is 0. The van der Waals surface area contributed by atoms with E-state index in [1.165, 1.54) is 22.6 Å². The summed E-state index contributed by atoms with van der Waals surface area (Å²) in [7, 11) is 0. The van der Waals surface area contributed by atoms with Gasteiger partial charge in [-0.2, -0.15) is 0 Å². The highest BCUT2D eigenvalue weighted by atomic mass is 79.9. The summed E-state index contributed by atoms with van der Waals surface area (Å²) in [6.07, 6.45) is 1.64. The van der Waals surface area contributed by atoms with Crippen LogP contribution in [-0.2, 0) is 12.8 Å². The normalized spacial score (nSPS) is 12.7. The number of halogens is 3. The van der Waals surface area contributed by atoms with Crippen LogP contribution in [0.5, 0.6) is 0 Å². The molecule has 0 fully saturated rings. The summed E-state index contributed by atoms with van der Waals surface area (Å²) in [6.45, 7) is 2.11. The van der Waals surface area contributed by atoms with Crippen LogP contribution in [0, 0.1) is 11.6 Å². The van der Waals surface area contributed by atoms with Crippen LogP contribution in [0.3, 0.4) is 0 Å². The van der Waals surface area contributed by atoms with Gasteiger partial charge in [0.1, 0.15) is 0 Å². The zero-order chi connectivity index (χ0) is 13.1. The van der Waals surface area contributed by atoms with Crippen LogP contribution in [0.1, 0.15) is 27.8 Å². The van der Waals surface area contributed by atoms with E-state index in [9.17, 15) is 8.78 Å². The van der Waals surface area contributed by atoms with Crippen LogP contribution in [0.15, 0.2) is 29.6 Å². The Morgan fingerprint density at radius 3 is 2.67 bits per heavy atom. The van der Waals surface area contributed by atoms with Crippen molar-refractivity contribution in [2.24, 2.45) is 0 Å². The van der Waals surface area contributed by atoms with Crippen molar-refractivity contribution in [3.05, 3.63) is 57.3 Å². The van der Waals surface area contributed by atoms with Crippen molar-refractivity contribution < 1.29 is 8.78 Å². The smallest absolute Gasteiger partial charge is 0.159 e. The molecule has 0 aliphatic carbocycles. The van der Waals surface area contributed by atoms with Crippen molar-refractivity contribution in [1.29, 1.82) is 0 Å². The number of benzene rings is 1. The predicted molar refractivity (Wildman–Crippen MR) is 75.4 cm³/mol. The quantitative estimate of drug-likeness (QED) is 0.670. The Morgan fingerprint density at radius 2 is 2.00 bits per heavy atom. The molecule has 1 aromatic heterocycles. The van der Waals surface area contributed by atoms with Gasteiger partial charge in [-0.25, -0.2) is 8.78 Å². The lowest BCUT2D eigenvalue weighted by Gasteiger charge is -2.10. The van der Waals surface area contributed by atoms with Crippen molar-refractivity contribution in [1.82, 2.24) is 0 Å². The molecule has 1 aromatic carbocycles. The summed E-state index contributed by atoms with van der Waals surface area (Å²) in [6, 6.07) is 6.19. The molecule has 2 rings (SSSR count). The number of thiophene rings is 1. The third kappa shape index (κ3) is 2.98. The van der Waals surface area contributed by atoms with Crippen molar-refractivity contribution in [2.75, 3.05) is 0 Å². The minimum Gasteiger partial charge on any atom is -0.204 e. The number of hydrogen-bond acceptors (Lipinski definition) is 1. The molecule has 0 aliphatic heterocycles. The van der Waals surface area contributed by atoms with Gasteiger partial charge < -0.3 is 0 Å². The van der Waals surface area contributed by atoms with E-state index in [1.807, 2.05) is 0 Å². The maximum atomic E-state index is 13.1. The van der Waals surface area contributed by atoms with Gasteiger partial charge in [0.25, 0.3) is 0 Å². The van der Waals surface area contributed by atoms with Gasteiger partial charge in [-0.1, -0.05) is 28.9 Å². The highest BCUT2D eigenvalue weighted by molar-refractivity contribution is 9.09. The SMILES string of the molecule is CCc1ccsc1C(Br)Cc1ccc(F)c(F)c1. The van der Waals surface area contributed by atoms with E-state index < -0.39 is 11.6 Å². The second-order valence-electron chi connectivity index (χ2n) is 4.08. The van der Waals surface area contributed by atoms with Gasteiger partial charge in [-0.3, -0.25) is 0 Å². The Labute approximate surface area is 118 Å². The van der Waals surface area contributed by atoms with Gasteiger partial charge in [0.15, 0.2) is 11.6 Å². The molecule has 18 heavy (non-hydrogen) atoms. The first-order chi connectivity index (χ1) is 8.61. The third-order valence-corrected chi connectivity index (χ3v) is 5.00. The number of aryl methyl sites for hydroxylation is 1. The van der Waals surface area contributed by atoms with E-state index in [0.717, 1.165) is 12.0 Å². The Balaban J connectivity index is 2.16. The van der Waals surface area contributed by atoms with Gasteiger partial charge in [0.05, 0.1) is 4.83 Å². The summed E-state index contributed by atoms with van der Waals surface area (Å²) in [4.78, 5) is 1.42. The van der Waals surface area contributed by atoms with E-state index in [4.69, 9.17) is 0 Å². The van der Waals surface area contributed by atoms with Gasteiger partial charge in [-0.15, -0.1) is 11.3 Å². The summed E-state index contributed by atoms with van der Waals surface area (Å²) >= 11 is 5.32. The summed E-state index contributed by atoms with van der Waals surface area (Å²) in [5.41, 5.74) is 2.11. The van der Waals surface area contributed by atoms with Crippen LogP contribution in [0.25, 0.3) is 0 Å². The molecule has 0 N–H and O–H groups in total. The Morgan fingerprint density at radius 1 is 1.22 bits per heavy atom. The first-order valence-electron chi connectivity index (χ1n) is 5.76. The van der Waals surface area contributed by atoms with E-state index in [-0.39, 0.29) is 4.83 Å². The molecule has 0 saturated heterocycles. The van der Waals surface area contributed by atoms with Gasteiger partial charge in [0.2, 0.25) is 0 Å². The van der Waals surface area contributed by atoms with E-state index in [1.54, 1.807) is 17.4 Å². The van der Waals surface area contributed by atoms with Gasteiger partial charge in [-0.05, 0) is 47.5 Å². The molecule has 0 aliphatic rings. The Bertz CT molecular complexity index is 536. The fourth-order valence-corrected chi connectivity index (χ4v) is 3.85.